The number of hydrogen-bond acceptors (Lipinski definition) is 7. The molecule has 1 amide bonds. The van der Waals surface area contributed by atoms with Gasteiger partial charge in [-0.05, 0) is 18.2 Å². The van der Waals surface area contributed by atoms with E-state index in [-0.39, 0.29) is 22.8 Å². The molecule has 1 aliphatic heterocycles. The Labute approximate surface area is 220 Å². The summed E-state index contributed by atoms with van der Waals surface area (Å²) >= 11 is 1.07. The normalized spacial score (nSPS) is 14.6. The summed E-state index contributed by atoms with van der Waals surface area (Å²) < 4.78 is 58.9. The summed E-state index contributed by atoms with van der Waals surface area (Å²) in [4.78, 5) is 18.9. The summed E-state index contributed by atoms with van der Waals surface area (Å²) in [5, 5.41) is 0.575. The van der Waals surface area contributed by atoms with Crippen LogP contribution in [-0.4, -0.2) is 59.8 Å². The Hall–Kier alpha value is -3.61. The van der Waals surface area contributed by atoms with Gasteiger partial charge in [-0.3, -0.25) is 14.3 Å². The predicted molar refractivity (Wildman–Crippen MR) is 136 cm³/mol. The van der Waals surface area contributed by atoms with Crippen LogP contribution in [0.25, 0.3) is 16.0 Å². The molecule has 200 valence electrons. The highest BCUT2D eigenvalue weighted by atomic mass is 32.1. The van der Waals surface area contributed by atoms with E-state index in [1.54, 1.807) is 17.0 Å². The molecule has 3 heterocycles. The summed E-state index contributed by atoms with van der Waals surface area (Å²) in [5.41, 5.74) is 6.16. The fourth-order valence-corrected chi connectivity index (χ4v) is 5.15. The van der Waals surface area contributed by atoms with Gasteiger partial charge in [-0.15, -0.1) is 11.3 Å². The predicted octanol–water partition coefficient (Wildman–Crippen LogP) is 4.49. The number of amides is 1. The Balaban J connectivity index is 1.36. The molecule has 2 N–H and O–H groups in total. The van der Waals surface area contributed by atoms with Gasteiger partial charge in [-0.2, -0.15) is 13.2 Å². The van der Waals surface area contributed by atoms with Crippen LogP contribution in [0.4, 0.5) is 13.2 Å². The van der Waals surface area contributed by atoms with Crippen LogP contribution in [0.5, 0.6) is 11.5 Å². The van der Waals surface area contributed by atoms with Crippen molar-refractivity contribution in [2.75, 3.05) is 39.5 Å². The highest BCUT2D eigenvalue weighted by molar-refractivity contribution is 7.16. The van der Waals surface area contributed by atoms with E-state index in [0.717, 1.165) is 55.8 Å². The van der Waals surface area contributed by atoms with Crippen molar-refractivity contribution in [1.82, 2.24) is 14.5 Å². The van der Waals surface area contributed by atoms with E-state index in [0.29, 0.717) is 22.9 Å². The molecule has 0 unspecified atom stereocenters. The molecule has 0 aliphatic carbocycles. The van der Waals surface area contributed by atoms with Crippen molar-refractivity contribution < 1.29 is 32.2 Å². The lowest BCUT2D eigenvalue weighted by Gasteiger charge is -2.26. The first-order chi connectivity index (χ1) is 18.3. The Morgan fingerprint density at radius 2 is 1.89 bits per heavy atom. The number of nitrogens with two attached hydrogens (primary N) is 1. The minimum atomic E-state index is -4.52. The molecule has 8 nitrogen and oxygen atoms in total. The molecule has 2 aromatic heterocycles. The highest BCUT2D eigenvalue weighted by Gasteiger charge is 2.33. The monoisotopic (exact) mass is 546 g/mol. The summed E-state index contributed by atoms with van der Waals surface area (Å²) in [6.45, 7) is 4.12. The quantitative estimate of drug-likeness (QED) is 0.333. The van der Waals surface area contributed by atoms with Gasteiger partial charge in [0.25, 0.3) is 5.91 Å². The maximum absolute atomic E-state index is 13.4. The number of ether oxygens (including phenoxy) is 3. The van der Waals surface area contributed by atoms with Crippen molar-refractivity contribution in [2.45, 2.75) is 12.8 Å². The molecule has 0 bridgehead atoms. The van der Waals surface area contributed by atoms with Crippen molar-refractivity contribution in [3.05, 3.63) is 70.9 Å². The van der Waals surface area contributed by atoms with Crippen LogP contribution in [0.15, 0.2) is 54.9 Å². The van der Waals surface area contributed by atoms with Gasteiger partial charge in [0.15, 0.2) is 0 Å². The number of benzene rings is 2. The number of halogens is 3. The number of carbonyl (C=O) groups is 1. The van der Waals surface area contributed by atoms with E-state index < -0.39 is 17.6 Å². The van der Waals surface area contributed by atoms with E-state index >= 15 is 0 Å². The van der Waals surface area contributed by atoms with Crippen molar-refractivity contribution in [3.8, 4) is 16.5 Å². The average molecular weight is 547 g/mol. The van der Waals surface area contributed by atoms with E-state index in [9.17, 15) is 18.0 Å². The van der Waals surface area contributed by atoms with Crippen LogP contribution in [-0.2, 0) is 17.5 Å². The second kappa shape index (κ2) is 11.0. The van der Waals surface area contributed by atoms with Crippen molar-refractivity contribution >= 4 is 28.3 Å². The zero-order valence-corrected chi connectivity index (χ0v) is 21.1. The maximum atomic E-state index is 13.4. The smallest absolute Gasteiger partial charge is 0.416 e. The lowest BCUT2D eigenvalue weighted by atomic mass is 10.1. The number of rotatable bonds is 9. The summed E-state index contributed by atoms with van der Waals surface area (Å²) in [6, 6.07) is 12.3. The van der Waals surface area contributed by atoms with E-state index in [2.05, 4.69) is 9.88 Å². The van der Waals surface area contributed by atoms with Gasteiger partial charge in [0.2, 0.25) is 0 Å². The summed E-state index contributed by atoms with van der Waals surface area (Å²) in [5.74, 6) is 0.0329. The second-order valence-electron chi connectivity index (χ2n) is 8.65. The second-order valence-corrected chi connectivity index (χ2v) is 9.68. The minimum Gasteiger partial charge on any atom is -0.492 e. The fraction of sp³-hybridized carbons (Fsp3) is 0.308. The van der Waals surface area contributed by atoms with Gasteiger partial charge in [0.1, 0.15) is 40.9 Å². The zero-order valence-electron chi connectivity index (χ0n) is 20.2. The molecule has 38 heavy (non-hydrogen) atoms. The lowest BCUT2D eigenvalue weighted by molar-refractivity contribution is -0.138. The number of primary amides is 1. The average Bonchev–Trinajstić information content (AvgIpc) is 3.52. The topological polar surface area (TPSA) is 91.8 Å². The third kappa shape index (κ3) is 5.77. The van der Waals surface area contributed by atoms with Crippen LogP contribution < -0.4 is 15.2 Å². The molecule has 5 rings (SSSR count). The zero-order chi connectivity index (χ0) is 26.7. The number of morpholine rings is 1. The van der Waals surface area contributed by atoms with Gasteiger partial charge in [-0.1, -0.05) is 18.2 Å². The van der Waals surface area contributed by atoms with Crippen molar-refractivity contribution in [3.63, 3.8) is 0 Å². The minimum absolute atomic E-state index is 0.0462. The molecule has 1 saturated heterocycles. The standard InChI is InChI=1S/C26H25F3N4O4S/c27-26(28,29)19-4-2-1-3-17(19)15-37-22-14-23(38-24(22)25(30)34)33-16-31-20-6-5-18(13-21(20)33)36-12-9-32-7-10-35-11-8-32/h1-6,13-14,16H,7-12,15H2,(H2,30,34). The van der Waals surface area contributed by atoms with Gasteiger partial charge in [0.05, 0.1) is 29.8 Å². The first-order valence-electron chi connectivity index (χ1n) is 11.9. The molecule has 0 spiro atoms. The molecule has 0 saturated carbocycles. The number of hydrogen-bond donors (Lipinski definition) is 1. The third-order valence-electron chi connectivity index (χ3n) is 6.15. The number of alkyl halides is 3. The van der Waals surface area contributed by atoms with E-state index in [1.807, 2.05) is 18.2 Å². The van der Waals surface area contributed by atoms with Gasteiger partial charge in [-0.25, -0.2) is 4.98 Å². The van der Waals surface area contributed by atoms with Crippen molar-refractivity contribution in [2.24, 2.45) is 5.73 Å². The molecular formula is C26H25F3N4O4S. The molecular weight excluding hydrogens is 521 g/mol. The molecule has 1 fully saturated rings. The Morgan fingerprint density at radius 1 is 1.11 bits per heavy atom. The molecule has 1 aliphatic rings. The van der Waals surface area contributed by atoms with Gasteiger partial charge < -0.3 is 19.9 Å². The number of imidazole rings is 1. The van der Waals surface area contributed by atoms with Gasteiger partial charge in [0, 0.05) is 37.3 Å². The molecule has 12 heteroatoms. The highest BCUT2D eigenvalue weighted by Crippen LogP contribution is 2.36. The molecule has 4 aromatic rings. The van der Waals surface area contributed by atoms with Crippen LogP contribution in [0.3, 0.4) is 0 Å². The number of fused-ring (bicyclic) bond motifs is 1. The first-order valence-corrected chi connectivity index (χ1v) is 12.7. The van der Waals surface area contributed by atoms with Crippen LogP contribution in [0.2, 0.25) is 0 Å². The van der Waals surface area contributed by atoms with Crippen LogP contribution in [0, 0.1) is 0 Å². The maximum Gasteiger partial charge on any atom is 0.416 e. The Kier molecular flexibility index (Phi) is 7.54. The van der Waals surface area contributed by atoms with E-state index in [1.165, 1.54) is 18.2 Å². The molecule has 2 aromatic carbocycles. The van der Waals surface area contributed by atoms with Crippen LogP contribution >= 0.6 is 11.3 Å². The summed E-state index contributed by atoms with van der Waals surface area (Å²) in [7, 11) is 0. The number of carbonyl (C=O) groups excluding carboxylic acids is 1. The first kappa shape index (κ1) is 26.0. The molecule has 0 atom stereocenters. The fourth-order valence-electron chi connectivity index (χ4n) is 4.21. The Bertz CT molecular complexity index is 1430. The SMILES string of the molecule is NC(=O)c1sc(-n2cnc3ccc(OCCN4CCOCC4)cc32)cc1OCc1ccccc1C(F)(F)F. The third-order valence-corrected chi connectivity index (χ3v) is 7.28. The van der Waals surface area contributed by atoms with Gasteiger partial charge >= 0.3 is 6.18 Å². The largest absolute Gasteiger partial charge is 0.492 e. The van der Waals surface area contributed by atoms with Crippen LogP contribution in [0.1, 0.15) is 20.8 Å². The lowest BCUT2D eigenvalue weighted by Crippen LogP contribution is -2.38. The van der Waals surface area contributed by atoms with E-state index in [4.69, 9.17) is 19.9 Å². The van der Waals surface area contributed by atoms with Crippen molar-refractivity contribution in [1.29, 1.82) is 0 Å². The molecule has 0 radical (unpaired) electrons. The number of thiophene rings is 1. The summed E-state index contributed by atoms with van der Waals surface area (Å²) in [6.07, 6.45) is -2.93. The Morgan fingerprint density at radius 3 is 2.66 bits per heavy atom. The number of aromatic nitrogens is 2. The number of nitrogens with zero attached hydrogens (tertiary/aromatic N) is 3.